The first-order valence-corrected chi connectivity index (χ1v) is 7.33. The number of benzene rings is 2. The van der Waals surface area contributed by atoms with Crippen molar-refractivity contribution >= 4 is 17.4 Å². The van der Waals surface area contributed by atoms with E-state index < -0.39 is 0 Å². The van der Waals surface area contributed by atoms with Crippen LogP contribution in [-0.4, -0.2) is 25.3 Å². The first-order chi connectivity index (χ1) is 11.1. The minimum absolute atomic E-state index is 0.0290. The molecule has 0 unspecified atom stereocenters. The molecule has 0 aromatic heterocycles. The Bertz CT molecular complexity index is 681. The van der Waals surface area contributed by atoms with Crippen LogP contribution in [0.1, 0.15) is 22.8 Å². The Labute approximate surface area is 135 Å². The van der Waals surface area contributed by atoms with E-state index in [1.54, 1.807) is 31.4 Å². The highest BCUT2D eigenvalue weighted by atomic mass is 16.5. The molecular weight excluding hydrogens is 292 g/mol. The highest BCUT2D eigenvalue weighted by molar-refractivity contribution is 5.97. The van der Waals surface area contributed by atoms with Crippen molar-refractivity contribution in [3.8, 4) is 5.75 Å². The van der Waals surface area contributed by atoms with Gasteiger partial charge in [-0.15, -0.1) is 0 Å². The zero-order chi connectivity index (χ0) is 16.7. The summed E-state index contributed by atoms with van der Waals surface area (Å²) in [7, 11) is 1.62. The highest BCUT2D eigenvalue weighted by Crippen LogP contribution is 2.12. The number of anilines is 1. The van der Waals surface area contributed by atoms with Crippen LogP contribution in [0.4, 0.5) is 5.69 Å². The predicted molar refractivity (Wildman–Crippen MR) is 89.8 cm³/mol. The van der Waals surface area contributed by atoms with E-state index in [2.05, 4.69) is 10.6 Å². The minimum Gasteiger partial charge on any atom is -0.497 e. The van der Waals surface area contributed by atoms with Crippen molar-refractivity contribution in [2.24, 2.45) is 0 Å². The average Bonchev–Trinajstić information content (AvgIpc) is 2.55. The Morgan fingerprint density at radius 1 is 1.09 bits per heavy atom. The van der Waals surface area contributed by atoms with E-state index in [4.69, 9.17) is 4.74 Å². The summed E-state index contributed by atoms with van der Waals surface area (Å²) in [4.78, 5) is 23.2. The highest BCUT2D eigenvalue weighted by Gasteiger charge is 2.04. The van der Waals surface area contributed by atoms with Gasteiger partial charge >= 0.3 is 0 Å². The van der Waals surface area contributed by atoms with E-state index in [1.807, 2.05) is 24.3 Å². The maximum absolute atomic E-state index is 11.9. The summed E-state index contributed by atoms with van der Waals surface area (Å²) in [6.45, 7) is 2.28. The van der Waals surface area contributed by atoms with Crippen LogP contribution < -0.4 is 15.4 Å². The molecule has 0 aliphatic rings. The lowest BCUT2D eigenvalue weighted by molar-refractivity contribution is -0.115. The van der Waals surface area contributed by atoms with Gasteiger partial charge in [-0.2, -0.15) is 0 Å². The van der Waals surface area contributed by atoms with Crippen LogP contribution in [0.25, 0.3) is 0 Å². The number of rotatable bonds is 7. The lowest BCUT2D eigenvalue weighted by Gasteiger charge is -2.08. The summed E-state index contributed by atoms with van der Waals surface area (Å²) in [5.41, 5.74) is 2.26. The molecule has 0 spiro atoms. The molecule has 5 nitrogen and oxygen atoms in total. The summed E-state index contributed by atoms with van der Waals surface area (Å²) < 4.78 is 5.10. The second kappa shape index (κ2) is 8.10. The van der Waals surface area contributed by atoms with Gasteiger partial charge in [0, 0.05) is 17.8 Å². The molecule has 2 aromatic rings. The number of ether oxygens (including phenoxy) is 1. The smallest absolute Gasteiger partial charge is 0.238 e. The molecule has 2 rings (SSSR count). The van der Waals surface area contributed by atoms with E-state index >= 15 is 0 Å². The third kappa shape index (κ3) is 5.23. The molecule has 0 saturated carbocycles. The summed E-state index contributed by atoms with van der Waals surface area (Å²) in [5, 5.41) is 5.84. The topological polar surface area (TPSA) is 67.4 Å². The molecular formula is C18H20N2O3. The second-order valence-corrected chi connectivity index (χ2v) is 5.14. The molecule has 0 saturated heterocycles. The molecule has 0 bridgehead atoms. The van der Waals surface area contributed by atoms with Crippen molar-refractivity contribution in [1.82, 2.24) is 5.32 Å². The molecule has 2 aromatic carbocycles. The van der Waals surface area contributed by atoms with Crippen molar-refractivity contribution in [2.45, 2.75) is 13.5 Å². The Kier molecular flexibility index (Phi) is 5.88. The molecule has 1 amide bonds. The van der Waals surface area contributed by atoms with Gasteiger partial charge in [-0.25, -0.2) is 0 Å². The Morgan fingerprint density at radius 2 is 1.83 bits per heavy atom. The molecule has 0 aliphatic heterocycles. The number of ketones is 1. The quantitative estimate of drug-likeness (QED) is 0.771. The fourth-order valence-electron chi connectivity index (χ4n) is 2.08. The van der Waals surface area contributed by atoms with Crippen LogP contribution in [0.15, 0.2) is 48.5 Å². The number of Topliss-reactive ketones (excluding diaryl/α,β-unsaturated/α-hetero) is 1. The van der Waals surface area contributed by atoms with Gasteiger partial charge in [0.1, 0.15) is 5.75 Å². The third-order valence-electron chi connectivity index (χ3n) is 3.33. The number of amides is 1. The standard InChI is InChI=1S/C18H20N2O3/c1-13(21)15-4-3-5-16(10-15)20-18(22)12-19-11-14-6-8-17(23-2)9-7-14/h3-10,19H,11-12H2,1-2H3,(H,20,22). The van der Waals surface area contributed by atoms with E-state index in [0.29, 0.717) is 17.8 Å². The second-order valence-electron chi connectivity index (χ2n) is 5.14. The molecule has 2 N–H and O–H groups in total. The Balaban J connectivity index is 1.80. The van der Waals surface area contributed by atoms with Crippen LogP contribution >= 0.6 is 0 Å². The van der Waals surface area contributed by atoms with Crippen molar-refractivity contribution in [2.75, 3.05) is 19.0 Å². The van der Waals surface area contributed by atoms with Gasteiger partial charge in [0.15, 0.2) is 5.78 Å². The zero-order valence-corrected chi connectivity index (χ0v) is 13.3. The number of hydrogen-bond acceptors (Lipinski definition) is 4. The molecule has 120 valence electrons. The predicted octanol–water partition coefficient (Wildman–Crippen LogP) is 2.63. The molecule has 0 heterocycles. The lowest BCUT2D eigenvalue weighted by atomic mass is 10.1. The van der Waals surface area contributed by atoms with Gasteiger partial charge in [-0.3, -0.25) is 9.59 Å². The summed E-state index contributed by atoms with van der Waals surface area (Å²) in [5.74, 6) is 0.620. The minimum atomic E-state index is -0.154. The molecule has 0 atom stereocenters. The van der Waals surface area contributed by atoms with Crippen LogP contribution in [0.2, 0.25) is 0 Å². The van der Waals surface area contributed by atoms with Crippen LogP contribution in [0.3, 0.4) is 0 Å². The molecule has 0 fully saturated rings. The fraction of sp³-hybridized carbons (Fsp3) is 0.222. The van der Waals surface area contributed by atoms with Gasteiger partial charge < -0.3 is 15.4 Å². The lowest BCUT2D eigenvalue weighted by Crippen LogP contribution is -2.27. The average molecular weight is 312 g/mol. The van der Waals surface area contributed by atoms with Gasteiger partial charge in [0.2, 0.25) is 5.91 Å². The summed E-state index contributed by atoms with van der Waals surface area (Å²) in [6.07, 6.45) is 0. The van der Waals surface area contributed by atoms with E-state index in [9.17, 15) is 9.59 Å². The normalized spacial score (nSPS) is 10.2. The zero-order valence-electron chi connectivity index (χ0n) is 13.3. The summed E-state index contributed by atoms with van der Waals surface area (Å²) in [6, 6.07) is 14.5. The monoisotopic (exact) mass is 312 g/mol. The van der Waals surface area contributed by atoms with E-state index in [1.165, 1.54) is 6.92 Å². The van der Waals surface area contributed by atoms with Gasteiger partial charge in [-0.05, 0) is 36.8 Å². The number of carbonyl (C=O) groups is 2. The first-order valence-electron chi connectivity index (χ1n) is 7.33. The molecule has 23 heavy (non-hydrogen) atoms. The first kappa shape index (κ1) is 16.7. The van der Waals surface area contributed by atoms with Crippen molar-refractivity contribution in [3.05, 3.63) is 59.7 Å². The van der Waals surface area contributed by atoms with Gasteiger partial charge in [-0.1, -0.05) is 24.3 Å². The van der Waals surface area contributed by atoms with E-state index in [-0.39, 0.29) is 18.2 Å². The Hall–Kier alpha value is -2.66. The molecule has 0 aliphatic carbocycles. The third-order valence-corrected chi connectivity index (χ3v) is 3.33. The number of hydrogen-bond donors (Lipinski definition) is 2. The van der Waals surface area contributed by atoms with Crippen LogP contribution in [-0.2, 0) is 11.3 Å². The number of nitrogens with one attached hydrogen (secondary N) is 2. The van der Waals surface area contributed by atoms with Crippen molar-refractivity contribution in [1.29, 1.82) is 0 Å². The van der Waals surface area contributed by atoms with Gasteiger partial charge in [0.05, 0.1) is 13.7 Å². The molecule has 5 heteroatoms. The molecule has 0 radical (unpaired) electrons. The number of methoxy groups -OCH3 is 1. The van der Waals surface area contributed by atoms with Gasteiger partial charge in [0.25, 0.3) is 0 Å². The van der Waals surface area contributed by atoms with E-state index in [0.717, 1.165) is 11.3 Å². The Morgan fingerprint density at radius 3 is 2.48 bits per heavy atom. The largest absolute Gasteiger partial charge is 0.497 e. The maximum atomic E-state index is 11.9. The summed E-state index contributed by atoms with van der Waals surface area (Å²) >= 11 is 0. The maximum Gasteiger partial charge on any atom is 0.238 e. The van der Waals surface area contributed by atoms with Crippen LogP contribution in [0, 0.1) is 0 Å². The SMILES string of the molecule is COc1ccc(CNCC(=O)Nc2cccc(C(C)=O)c2)cc1. The van der Waals surface area contributed by atoms with Crippen LogP contribution in [0.5, 0.6) is 5.75 Å². The number of carbonyl (C=O) groups excluding carboxylic acids is 2. The fourth-order valence-corrected chi connectivity index (χ4v) is 2.08. The van der Waals surface area contributed by atoms with Crippen molar-refractivity contribution in [3.63, 3.8) is 0 Å². The van der Waals surface area contributed by atoms with Crippen molar-refractivity contribution < 1.29 is 14.3 Å².